The molecule has 5 nitrogen and oxygen atoms in total. The van der Waals surface area contributed by atoms with E-state index < -0.39 is 0 Å². The number of aromatic nitrogens is 2. The number of nitrogens with zero attached hydrogens (tertiary/aromatic N) is 2. The largest absolute Gasteiger partial charge is 0.461 e. The van der Waals surface area contributed by atoms with Gasteiger partial charge in [0.2, 0.25) is 0 Å². The molecule has 0 unspecified atom stereocenters. The first-order valence-electron chi connectivity index (χ1n) is 6.35. The Morgan fingerprint density at radius 1 is 1.50 bits per heavy atom. The number of anilines is 1. The number of halogens is 1. The van der Waals surface area contributed by atoms with Crippen LogP contribution in [0.4, 0.5) is 5.82 Å². The third-order valence-corrected chi connectivity index (χ3v) is 4.34. The summed E-state index contributed by atoms with van der Waals surface area (Å²) in [4.78, 5) is 11.8. The Morgan fingerprint density at radius 2 is 2.17 bits per heavy atom. The van der Waals surface area contributed by atoms with Crippen LogP contribution in [0.2, 0.25) is 0 Å². The van der Waals surface area contributed by atoms with Crippen LogP contribution in [-0.2, 0) is 4.74 Å². The molecule has 0 spiro atoms. The van der Waals surface area contributed by atoms with Gasteiger partial charge in [0.15, 0.2) is 5.69 Å². The molecule has 2 N–H and O–H groups in total. The molecule has 1 aromatic heterocycles. The van der Waals surface area contributed by atoms with Crippen LogP contribution >= 0.6 is 22.6 Å². The predicted octanol–water partition coefficient (Wildman–Crippen LogP) is 2.75. The highest BCUT2D eigenvalue weighted by atomic mass is 127. The molecule has 1 heterocycles. The molecule has 1 aliphatic carbocycles. The minimum atomic E-state index is -0.386. The topological polar surface area (TPSA) is 70.1 Å². The Bertz CT molecular complexity index is 439. The number of rotatable bonds is 3. The van der Waals surface area contributed by atoms with E-state index in [4.69, 9.17) is 10.5 Å². The van der Waals surface area contributed by atoms with Gasteiger partial charge in [-0.05, 0) is 42.4 Å². The molecule has 0 amide bonds. The second kappa shape index (κ2) is 5.90. The molecule has 18 heavy (non-hydrogen) atoms. The molecular weight excluding hydrogens is 345 g/mol. The Hall–Kier alpha value is -0.790. The zero-order valence-electron chi connectivity index (χ0n) is 10.5. The van der Waals surface area contributed by atoms with E-state index in [1.807, 2.05) is 4.68 Å². The molecule has 0 aliphatic heterocycles. The van der Waals surface area contributed by atoms with Crippen molar-refractivity contribution < 1.29 is 9.53 Å². The average molecular weight is 363 g/mol. The molecule has 2 rings (SSSR count). The Morgan fingerprint density at radius 3 is 2.78 bits per heavy atom. The van der Waals surface area contributed by atoms with Gasteiger partial charge < -0.3 is 10.5 Å². The quantitative estimate of drug-likeness (QED) is 0.662. The maximum absolute atomic E-state index is 11.8. The summed E-state index contributed by atoms with van der Waals surface area (Å²) in [5, 5.41) is 4.36. The lowest BCUT2D eigenvalue weighted by Gasteiger charge is -2.22. The molecule has 0 bridgehead atoms. The van der Waals surface area contributed by atoms with E-state index in [0.29, 0.717) is 27.7 Å². The van der Waals surface area contributed by atoms with Gasteiger partial charge in [-0.25, -0.2) is 9.48 Å². The lowest BCUT2D eigenvalue weighted by atomic mass is 9.96. The molecule has 100 valence electrons. The zero-order chi connectivity index (χ0) is 13.1. The fourth-order valence-electron chi connectivity index (χ4n) is 2.36. The summed E-state index contributed by atoms with van der Waals surface area (Å²) in [6, 6.07) is 0.329. The lowest BCUT2D eigenvalue weighted by Crippen LogP contribution is -2.17. The van der Waals surface area contributed by atoms with Crippen LogP contribution in [0.25, 0.3) is 0 Å². The van der Waals surface area contributed by atoms with Gasteiger partial charge in [-0.3, -0.25) is 0 Å². The molecular formula is C12H18IN3O2. The summed E-state index contributed by atoms with van der Waals surface area (Å²) < 4.78 is 7.51. The van der Waals surface area contributed by atoms with Crippen molar-refractivity contribution in [1.82, 2.24) is 9.78 Å². The molecule has 1 aromatic rings. The molecule has 1 fully saturated rings. The number of ether oxygens (including phenoxy) is 1. The summed E-state index contributed by atoms with van der Waals surface area (Å²) in [5.74, 6) is 0.203. The standard InChI is InChI=1S/C12H18IN3O2/c1-2-18-12(17)10-9(13)11(14)16(15-10)8-6-4-3-5-7-8/h8H,2-7,14H2,1H3. The van der Waals surface area contributed by atoms with Crippen molar-refractivity contribution in [3.8, 4) is 0 Å². The third-order valence-electron chi connectivity index (χ3n) is 3.28. The summed E-state index contributed by atoms with van der Waals surface area (Å²) in [5.41, 5.74) is 6.40. The van der Waals surface area contributed by atoms with Crippen LogP contribution in [0, 0.1) is 3.57 Å². The van der Waals surface area contributed by atoms with Crippen LogP contribution in [0.15, 0.2) is 0 Å². The van der Waals surface area contributed by atoms with Gasteiger partial charge in [-0.1, -0.05) is 19.3 Å². The smallest absolute Gasteiger partial charge is 0.360 e. The Labute approximate surface area is 120 Å². The number of esters is 1. The van der Waals surface area contributed by atoms with Gasteiger partial charge >= 0.3 is 5.97 Å². The Balaban J connectivity index is 2.26. The molecule has 0 saturated heterocycles. The predicted molar refractivity (Wildman–Crippen MR) is 77.4 cm³/mol. The van der Waals surface area contributed by atoms with Crippen molar-refractivity contribution in [2.24, 2.45) is 0 Å². The summed E-state index contributed by atoms with van der Waals surface area (Å²) in [6.45, 7) is 2.14. The maximum Gasteiger partial charge on any atom is 0.360 e. The number of carbonyl (C=O) groups is 1. The van der Waals surface area contributed by atoms with Crippen molar-refractivity contribution in [2.75, 3.05) is 12.3 Å². The number of nitrogens with two attached hydrogens (primary N) is 1. The molecule has 0 aromatic carbocycles. The molecule has 6 heteroatoms. The van der Waals surface area contributed by atoms with Crippen molar-refractivity contribution in [3.05, 3.63) is 9.26 Å². The number of hydrogen-bond acceptors (Lipinski definition) is 4. The minimum Gasteiger partial charge on any atom is -0.461 e. The first-order valence-corrected chi connectivity index (χ1v) is 7.43. The van der Waals surface area contributed by atoms with Crippen LogP contribution in [0.1, 0.15) is 55.6 Å². The number of hydrogen-bond donors (Lipinski definition) is 1. The molecule has 0 radical (unpaired) electrons. The lowest BCUT2D eigenvalue weighted by molar-refractivity contribution is 0.0516. The third kappa shape index (κ3) is 2.62. The zero-order valence-corrected chi connectivity index (χ0v) is 12.6. The van der Waals surface area contributed by atoms with Gasteiger partial charge in [0.25, 0.3) is 0 Å². The number of nitrogen functional groups attached to an aromatic ring is 1. The van der Waals surface area contributed by atoms with E-state index in [1.54, 1.807) is 6.92 Å². The SMILES string of the molecule is CCOC(=O)c1nn(C2CCCCC2)c(N)c1I. The van der Waals surface area contributed by atoms with Gasteiger partial charge in [0.1, 0.15) is 5.82 Å². The Kier molecular flexibility index (Phi) is 4.47. The van der Waals surface area contributed by atoms with Gasteiger partial charge in [0.05, 0.1) is 16.2 Å². The average Bonchev–Trinajstić information content (AvgIpc) is 2.68. The fourth-order valence-corrected chi connectivity index (χ4v) is 2.94. The highest BCUT2D eigenvalue weighted by Gasteiger charge is 2.25. The normalized spacial score (nSPS) is 16.8. The van der Waals surface area contributed by atoms with Crippen LogP contribution in [0.3, 0.4) is 0 Å². The second-order valence-electron chi connectivity index (χ2n) is 4.50. The van der Waals surface area contributed by atoms with E-state index in [2.05, 4.69) is 27.7 Å². The van der Waals surface area contributed by atoms with E-state index in [1.165, 1.54) is 19.3 Å². The summed E-state index contributed by atoms with van der Waals surface area (Å²) in [6.07, 6.45) is 5.86. The molecule has 1 aliphatic rings. The fraction of sp³-hybridized carbons (Fsp3) is 0.667. The van der Waals surface area contributed by atoms with Crippen LogP contribution in [0.5, 0.6) is 0 Å². The van der Waals surface area contributed by atoms with Crippen molar-refractivity contribution in [3.63, 3.8) is 0 Å². The summed E-state index contributed by atoms with van der Waals surface area (Å²) in [7, 11) is 0. The van der Waals surface area contributed by atoms with Gasteiger partial charge in [-0.15, -0.1) is 0 Å². The van der Waals surface area contributed by atoms with E-state index >= 15 is 0 Å². The first-order chi connectivity index (χ1) is 8.65. The molecule has 1 saturated carbocycles. The van der Waals surface area contributed by atoms with E-state index in [-0.39, 0.29) is 5.97 Å². The summed E-state index contributed by atoms with van der Waals surface area (Å²) >= 11 is 2.07. The first kappa shape index (κ1) is 13.6. The highest BCUT2D eigenvalue weighted by Crippen LogP contribution is 2.32. The van der Waals surface area contributed by atoms with E-state index in [9.17, 15) is 4.79 Å². The van der Waals surface area contributed by atoms with Crippen molar-refractivity contribution >= 4 is 34.4 Å². The van der Waals surface area contributed by atoms with Crippen LogP contribution in [-0.4, -0.2) is 22.4 Å². The number of carbonyl (C=O) groups excluding carboxylic acids is 1. The van der Waals surface area contributed by atoms with E-state index in [0.717, 1.165) is 12.8 Å². The highest BCUT2D eigenvalue weighted by molar-refractivity contribution is 14.1. The minimum absolute atomic E-state index is 0.329. The monoisotopic (exact) mass is 363 g/mol. The van der Waals surface area contributed by atoms with Crippen LogP contribution < -0.4 is 5.73 Å². The second-order valence-corrected chi connectivity index (χ2v) is 5.58. The maximum atomic E-state index is 11.8. The van der Waals surface area contributed by atoms with Crippen molar-refractivity contribution in [2.45, 2.75) is 45.1 Å². The molecule has 0 atom stereocenters. The van der Waals surface area contributed by atoms with Gasteiger partial charge in [0, 0.05) is 0 Å². The van der Waals surface area contributed by atoms with Gasteiger partial charge in [-0.2, -0.15) is 5.10 Å². The van der Waals surface area contributed by atoms with Crippen molar-refractivity contribution in [1.29, 1.82) is 0 Å².